The molecule has 0 bridgehead atoms. The van der Waals surface area contributed by atoms with E-state index < -0.39 is 5.60 Å². The van der Waals surface area contributed by atoms with E-state index in [1.165, 1.54) is 11.3 Å². The van der Waals surface area contributed by atoms with Gasteiger partial charge in [-0.2, -0.15) is 5.26 Å². The van der Waals surface area contributed by atoms with Gasteiger partial charge in [-0.15, -0.1) is 11.3 Å². The maximum absolute atomic E-state index is 11.9. The maximum atomic E-state index is 11.9. The lowest BCUT2D eigenvalue weighted by Gasteiger charge is -2.27. The molecule has 0 aliphatic heterocycles. The molecule has 20 heavy (non-hydrogen) atoms. The maximum Gasteiger partial charge on any atom is 0.226 e. The van der Waals surface area contributed by atoms with Gasteiger partial charge in [-0.1, -0.05) is 6.92 Å². The van der Waals surface area contributed by atoms with Gasteiger partial charge in [0, 0.05) is 19.5 Å². The molecule has 1 heterocycles. The van der Waals surface area contributed by atoms with Crippen LogP contribution >= 0.6 is 11.3 Å². The Hall–Kier alpha value is -1.42. The minimum absolute atomic E-state index is 0.113. The van der Waals surface area contributed by atoms with Gasteiger partial charge in [0.25, 0.3) is 0 Å². The fraction of sp³-hybridized carbons (Fsp3) is 0.571. The Bertz CT molecular complexity index is 485. The Kier molecular flexibility index (Phi) is 6.14. The van der Waals surface area contributed by atoms with Crippen molar-refractivity contribution >= 4 is 22.2 Å². The first kappa shape index (κ1) is 16.6. The highest BCUT2D eigenvalue weighted by molar-refractivity contribution is 7.14. The number of hydrogen-bond acceptors (Lipinski definition) is 5. The number of nitrogens with one attached hydrogen (secondary N) is 1. The number of hydrogen-bond donors (Lipinski definition) is 2. The quantitative estimate of drug-likeness (QED) is 0.807. The largest absolute Gasteiger partial charge is 0.389 e. The van der Waals surface area contributed by atoms with Crippen molar-refractivity contribution in [1.82, 2.24) is 4.90 Å². The molecule has 0 radical (unpaired) electrons. The Morgan fingerprint density at radius 3 is 2.85 bits per heavy atom. The van der Waals surface area contributed by atoms with E-state index in [-0.39, 0.29) is 5.91 Å². The summed E-state index contributed by atoms with van der Waals surface area (Å²) in [6, 6.07) is 3.73. The molecular weight excluding hydrogens is 274 g/mol. The van der Waals surface area contributed by atoms with Crippen LogP contribution in [-0.4, -0.2) is 41.1 Å². The zero-order valence-corrected chi connectivity index (χ0v) is 13.0. The SMILES string of the molecule is CCN(CCC(=O)Nc1sccc1C#N)CC(C)(C)O. The summed E-state index contributed by atoms with van der Waals surface area (Å²) in [7, 11) is 0. The molecule has 0 aromatic carbocycles. The average Bonchev–Trinajstić information content (AvgIpc) is 2.80. The number of nitriles is 1. The third-order valence-electron chi connectivity index (χ3n) is 2.75. The van der Waals surface area contributed by atoms with Crippen molar-refractivity contribution in [1.29, 1.82) is 5.26 Å². The van der Waals surface area contributed by atoms with Crippen molar-refractivity contribution < 1.29 is 9.90 Å². The Labute approximate surface area is 123 Å². The Balaban J connectivity index is 2.45. The molecule has 0 fully saturated rings. The summed E-state index contributed by atoms with van der Waals surface area (Å²) in [6.07, 6.45) is 0.340. The van der Waals surface area contributed by atoms with Crippen LogP contribution in [0, 0.1) is 11.3 Å². The van der Waals surface area contributed by atoms with E-state index in [4.69, 9.17) is 5.26 Å². The Morgan fingerprint density at radius 2 is 2.30 bits per heavy atom. The molecule has 0 aliphatic carbocycles. The summed E-state index contributed by atoms with van der Waals surface area (Å²) in [6.45, 7) is 7.39. The number of anilines is 1. The number of aliphatic hydroxyl groups is 1. The van der Waals surface area contributed by atoms with Crippen LogP contribution < -0.4 is 5.32 Å². The van der Waals surface area contributed by atoms with E-state index in [9.17, 15) is 9.90 Å². The molecule has 2 N–H and O–H groups in total. The van der Waals surface area contributed by atoms with Gasteiger partial charge in [0.05, 0.1) is 11.2 Å². The van der Waals surface area contributed by atoms with E-state index in [2.05, 4.69) is 5.32 Å². The number of carbonyl (C=O) groups excluding carboxylic acids is 1. The second-order valence-electron chi connectivity index (χ2n) is 5.25. The van der Waals surface area contributed by atoms with E-state index in [1.807, 2.05) is 17.9 Å². The van der Waals surface area contributed by atoms with Crippen molar-refractivity contribution in [2.45, 2.75) is 32.8 Å². The number of rotatable bonds is 7. The number of likely N-dealkylation sites (N-methyl/N-ethyl adjacent to an activating group) is 1. The van der Waals surface area contributed by atoms with Gasteiger partial charge in [-0.05, 0) is 31.8 Å². The minimum atomic E-state index is -0.770. The predicted molar refractivity (Wildman–Crippen MR) is 80.7 cm³/mol. The summed E-state index contributed by atoms with van der Waals surface area (Å²) in [5.74, 6) is -0.113. The lowest BCUT2D eigenvalue weighted by atomic mass is 10.1. The monoisotopic (exact) mass is 295 g/mol. The molecular formula is C14H21N3O2S. The molecule has 1 rings (SSSR count). The van der Waals surface area contributed by atoms with Crippen LogP contribution in [0.15, 0.2) is 11.4 Å². The van der Waals surface area contributed by atoms with Crippen LogP contribution in [-0.2, 0) is 4.79 Å². The topological polar surface area (TPSA) is 76.4 Å². The van der Waals surface area contributed by atoms with E-state index >= 15 is 0 Å². The molecule has 0 unspecified atom stereocenters. The van der Waals surface area contributed by atoms with Gasteiger partial charge >= 0.3 is 0 Å². The molecule has 0 atom stereocenters. The molecule has 6 heteroatoms. The molecule has 1 aromatic rings. The van der Waals surface area contributed by atoms with Crippen molar-refractivity contribution in [3.05, 3.63) is 17.0 Å². The zero-order chi connectivity index (χ0) is 15.2. The third-order valence-corrected chi connectivity index (χ3v) is 3.58. The second kappa shape index (κ2) is 7.39. The highest BCUT2D eigenvalue weighted by atomic mass is 32.1. The van der Waals surface area contributed by atoms with Gasteiger partial charge in [0.2, 0.25) is 5.91 Å². The van der Waals surface area contributed by atoms with Gasteiger partial charge in [-0.3, -0.25) is 4.79 Å². The molecule has 110 valence electrons. The van der Waals surface area contributed by atoms with E-state index in [0.29, 0.717) is 30.1 Å². The summed E-state index contributed by atoms with van der Waals surface area (Å²) in [4.78, 5) is 13.9. The van der Waals surface area contributed by atoms with Crippen molar-refractivity contribution in [3.8, 4) is 6.07 Å². The van der Waals surface area contributed by atoms with Crippen molar-refractivity contribution in [2.24, 2.45) is 0 Å². The highest BCUT2D eigenvalue weighted by Crippen LogP contribution is 2.22. The number of amides is 1. The molecule has 0 spiro atoms. The standard InChI is InChI=1S/C14H21N3O2S/c1-4-17(10-14(2,3)19)7-5-12(18)16-13-11(9-15)6-8-20-13/h6,8,19H,4-5,7,10H2,1-3H3,(H,16,18). The van der Waals surface area contributed by atoms with Crippen LogP contribution in [0.2, 0.25) is 0 Å². The van der Waals surface area contributed by atoms with Gasteiger partial charge in [0.15, 0.2) is 0 Å². The third kappa shape index (κ3) is 5.70. The molecule has 0 aliphatic rings. The van der Waals surface area contributed by atoms with Crippen LogP contribution in [0.25, 0.3) is 0 Å². The smallest absolute Gasteiger partial charge is 0.226 e. The minimum Gasteiger partial charge on any atom is -0.389 e. The van der Waals surface area contributed by atoms with Crippen LogP contribution in [0.5, 0.6) is 0 Å². The van der Waals surface area contributed by atoms with Crippen molar-refractivity contribution in [3.63, 3.8) is 0 Å². The fourth-order valence-electron chi connectivity index (χ4n) is 1.84. The van der Waals surface area contributed by atoms with E-state index in [1.54, 1.807) is 25.3 Å². The summed E-state index contributed by atoms with van der Waals surface area (Å²) >= 11 is 1.34. The summed E-state index contributed by atoms with van der Waals surface area (Å²) in [5, 5.41) is 23.8. The molecule has 0 saturated carbocycles. The van der Waals surface area contributed by atoms with Gasteiger partial charge < -0.3 is 15.3 Å². The summed E-state index contributed by atoms with van der Waals surface area (Å²) < 4.78 is 0. The van der Waals surface area contributed by atoms with Gasteiger partial charge in [0.1, 0.15) is 11.1 Å². The number of nitrogens with zero attached hydrogens (tertiary/aromatic N) is 2. The predicted octanol–water partition coefficient (Wildman–Crippen LogP) is 2.04. The second-order valence-corrected chi connectivity index (χ2v) is 6.17. The summed E-state index contributed by atoms with van der Waals surface area (Å²) in [5.41, 5.74) is -0.277. The molecule has 0 saturated heterocycles. The number of thiophene rings is 1. The lowest BCUT2D eigenvalue weighted by Crippen LogP contribution is -2.39. The van der Waals surface area contributed by atoms with Crippen LogP contribution in [0.1, 0.15) is 32.8 Å². The average molecular weight is 295 g/mol. The number of carbonyl (C=O) groups is 1. The molecule has 5 nitrogen and oxygen atoms in total. The van der Waals surface area contributed by atoms with Crippen LogP contribution in [0.4, 0.5) is 5.00 Å². The van der Waals surface area contributed by atoms with Crippen molar-refractivity contribution in [2.75, 3.05) is 25.0 Å². The first-order valence-electron chi connectivity index (χ1n) is 6.58. The van der Waals surface area contributed by atoms with E-state index in [0.717, 1.165) is 6.54 Å². The molecule has 1 amide bonds. The van der Waals surface area contributed by atoms with Crippen LogP contribution in [0.3, 0.4) is 0 Å². The normalized spacial score (nSPS) is 11.4. The lowest BCUT2D eigenvalue weighted by molar-refractivity contribution is -0.116. The first-order chi connectivity index (χ1) is 9.35. The molecule has 1 aromatic heterocycles. The Morgan fingerprint density at radius 1 is 1.60 bits per heavy atom. The highest BCUT2D eigenvalue weighted by Gasteiger charge is 2.18. The fourth-order valence-corrected chi connectivity index (χ4v) is 2.59. The first-order valence-corrected chi connectivity index (χ1v) is 7.46. The van der Waals surface area contributed by atoms with Gasteiger partial charge in [-0.25, -0.2) is 0 Å². The zero-order valence-electron chi connectivity index (χ0n) is 12.1.